The Morgan fingerprint density at radius 2 is 2.00 bits per heavy atom. The third-order valence-corrected chi connectivity index (χ3v) is 2.11. The Hall–Kier alpha value is -1.78. The number of hydrogen-bond acceptors (Lipinski definition) is 4. The van der Waals surface area contributed by atoms with Gasteiger partial charge >= 0.3 is 6.09 Å². The number of ether oxygens (including phenoxy) is 1. The first-order valence-electron chi connectivity index (χ1n) is 5.95. The fourth-order valence-electron chi connectivity index (χ4n) is 1.45. The summed E-state index contributed by atoms with van der Waals surface area (Å²) in [5.41, 5.74) is 5.10. The average molecular weight is 251 g/mol. The van der Waals surface area contributed by atoms with Crippen LogP contribution in [-0.4, -0.2) is 22.7 Å². The molecular formula is C13H21N3O2. The van der Waals surface area contributed by atoms with Crippen molar-refractivity contribution in [2.75, 3.05) is 10.6 Å². The molecule has 0 saturated carbocycles. The molecule has 1 rings (SSSR count). The van der Waals surface area contributed by atoms with E-state index < -0.39 is 11.7 Å². The van der Waals surface area contributed by atoms with Crippen molar-refractivity contribution in [2.45, 2.75) is 46.3 Å². The lowest BCUT2D eigenvalue weighted by Crippen LogP contribution is -2.41. The van der Waals surface area contributed by atoms with Gasteiger partial charge in [0.05, 0.1) is 0 Å². The van der Waals surface area contributed by atoms with E-state index in [-0.39, 0.29) is 6.04 Å². The van der Waals surface area contributed by atoms with Gasteiger partial charge in [-0.2, -0.15) is 0 Å². The van der Waals surface area contributed by atoms with E-state index in [0.717, 1.165) is 0 Å². The number of amides is 1. The van der Waals surface area contributed by atoms with Crippen molar-refractivity contribution in [1.82, 2.24) is 4.98 Å². The topological polar surface area (TPSA) is 68.5 Å². The van der Waals surface area contributed by atoms with Crippen molar-refractivity contribution in [3.8, 4) is 0 Å². The predicted molar refractivity (Wildman–Crippen MR) is 72.5 cm³/mol. The van der Waals surface area contributed by atoms with E-state index in [9.17, 15) is 4.79 Å². The third-order valence-electron chi connectivity index (χ3n) is 2.11. The second-order valence-corrected chi connectivity index (χ2v) is 5.36. The number of carbonyl (C=O) groups excluding carboxylic acids is 1. The first kappa shape index (κ1) is 14.3. The Labute approximate surface area is 108 Å². The number of nitrogens with zero attached hydrogens (tertiary/aromatic N) is 2. The molecule has 2 N–H and O–H groups in total. The minimum Gasteiger partial charge on any atom is -0.443 e. The molecule has 0 atom stereocenters. The van der Waals surface area contributed by atoms with Crippen LogP contribution in [0.5, 0.6) is 0 Å². The van der Waals surface area contributed by atoms with Crippen LogP contribution in [0.2, 0.25) is 0 Å². The molecule has 0 aliphatic rings. The first-order chi connectivity index (χ1) is 8.20. The van der Waals surface area contributed by atoms with E-state index in [1.54, 1.807) is 18.2 Å². The second-order valence-electron chi connectivity index (χ2n) is 5.36. The minimum atomic E-state index is -0.537. The van der Waals surface area contributed by atoms with Crippen LogP contribution in [0.1, 0.15) is 34.6 Å². The SMILES string of the molecule is CC(C)N(C(=O)OC(C)(C)C)c1cccc(N)n1. The van der Waals surface area contributed by atoms with E-state index in [2.05, 4.69) is 4.98 Å². The maximum atomic E-state index is 12.1. The summed E-state index contributed by atoms with van der Waals surface area (Å²) in [5, 5.41) is 0. The summed E-state index contributed by atoms with van der Waals surface area (Å²) >= 11 is 0. The van der Waals surface area contributed by atoms with Gasteiger partial charge in [-0.05, 0) is 46.8 Å². The van der Waals surface area contributed by atoms with Crippen molar-refractivity contribution in [2.24, 2.45) is 0 Å². The molecule has 1 heterocycles. The van der Waals surface area contributed by atoms with Gasteiger partial charge in [0.25, 0.3) is 0 Å². The summed E-state index contributed by atoms with van der Waals surface area (Å²) < 4.78 is 5.36. The van der Waals surface area contributed by atoms with E-state index in [0.29, 0.717) is 11.6 Å². The van der Waals surface area contributed by atoms with Gasteiger partial charge in [0, 0.05) is 6.04 Å². The minimum absolute atomic E-state index is 0.0610. The van der Waals surface area contributed by atoms with E-state index >= 15 is 0 Å². The molecule has 1 amide bonds. The zero-order valence-electron chi connectivity index (χ0n) is 11.6. The predicted octanol–water partition coefficient (Wildman–Crippen LogP) is 2.81. The number of aromatic nitrogens is 1. The Kier molecular flexibility index (Phi) is 4.16. The van der Waals surface area contributed by atoms with Crippen molar-refractivity contribution in [3.63, 3.8) is 0 Å². The smallest absolute Gasteiger partial charge is 0.416 e. The van der Waals surface area contributed by atoms with Gasteiger partial charge in [0.2, 0.25) is 0 Å². The van der Waals surface area contributed by atoms with Crippen LogP contribution < -0.4 is 10.6 Å². The van der Waals surface area contributed by atoms with Gasteiger partial charge in [0.1, 0.15) is 17.2 Å². The summed E-state index contributed by atoms with van der Waals surface area (Å²) in [4.78, 5) is 17.8. The summed E-state index contributed by atoms with van der Waals surface area (Å²) in [6.45, 7) is 9.28. The molecular weight excluding hydrogens is 230 g/mol. The molecule has 0 fully saturated rings. The van der Waals surface area contributed by atoms with Gasteiger partial charge in [-0.3, -0.25) is 4.90 Å². The summed E-state index contributed by atoms with van der Waals surface area (Å²) in [6, 6.07) is 5.11. The van der Waals surface area contributed by atoms with Crippen LogP contribution in [0.3, 0.4) is 0 Å². The second kappa shape index (κ2) is 5.25. The molecule has 100 valence electrons. The molecule has 1 aromatic rings. The van der Waals surface area contributed by atoms with Gasteiger partial charge in [-0.15, -0.1) is 0 Å². The molecule has 5 heteroatoms. The number of nitrogen functional groups attached to an aromatic ring is 1. The lowest BCUT2D eigenvalue weighted by molar-refractivity contribution is 0.0569. The molecule has 0 aliphatic carbocycles. The highest BCUT2D eigenvalue weighted by atomic mass is 16.6. The Balaban J connectivity index is 3.00. The quantitative estimate of drug-likeness (QED) is 0.877. The van der Waals surface area contributed by atoms with Crippen LogP contribution in [0.4, 0.5) is 16.4 Å². The van der Waals surface area contributed by atoms with Crippen LogP contribution in [0.25, 0.3) is 0 Å². The molecule has 0 unspecified atom stereocenters. The number of carbonyl (C=O) groups is 1. The summed E-state index contributed by atoms with van der Waals surface area (Å²) in [7, 11) is 0. The highest BCUT2D eigenvalue weighted by Crippen LogP contribution is 2.19. The highest BCUT2D eigenvalue weighted by molar-refractivity contribution is 5.87. The number of hydrogen-bond donors (Lipinski definition) is 1. The Morgan fingerprint density at radius 1 is 1.39 bits per heavy atom. The number of rotatable bonds is 2. The highest BCUT2D eigenvalue weighted by Gasteiger charge is 2.26. The molecule has 0 radical (unpaired) electrons. The van der Waals surface area contributed by atoms with E-state index in [1.807, 2.05) is 34.6 Å². The van der Waals surface area contributed by atoms with Crippen molar-refractivity contribution in [1.29, 1.82) is 0 Å². The van der Waals surface area contributed by atoms with Gasteiger partial charge in [-0.1, -0.05) is 6.07 Å². The molecule has 0 bridgehead atoms. The molecule has 0 aliphatic heterocycles. The Morgan fingerprint density at radius 3 is 2.44 bits per heavy atom. The number of nitrogens with two attached hydrogens (primary N) is 1. The van der Waals surface area contributed by atoms with Crippen LogP contribution in [0.15, 0.2) is 18.2 Å². The molecule has 18 heavy (non-hydrogen) atoms. The first-order valence-corrected chi connectivity index (χ1v) is 5.95. The molecule has 5 nitrogen and oxygen atoms in total. The maximum absolute atomic E-state index is 12.1. The summed E-state index contributed by atoms with van der Waals surface area (Å²) in [6.07, 6.45) is -0.421. The van der Waals surface area contributed by atoms with Gasteiger partial charge < -0.3 is 10.5 Å². The van der Waals surface area contributed by atoms with Crippen molar-refractivity contribution < 1.29 is 9.53 Å². The lowest BCUT2D eigenvalue weighted by Gasteiger charge is -2.29. The largest absolute Gasteiger partial charge is 0.443 e. The normalized spacial score (nSPS) is 11.4. The van der Waals surface area contributed by atoms with Crippen LogP contribution in [0, 0.1) is 0 Å². The average Bonchev–Trinajstić information content (AvgIpc) is 2.13. The molecule has 0 spiro atoms. The molecule has 1 aromatic heterocycles. The molecule has 0 saturated heterocycles. The van der Waals surface area contributed by atoms with Gasteiger partial charge in [0.15, 0.2) is 0 Å². The fourth-order valence-corrected chi connectivity index (χ4v) is 1.45. The third kappa shape index (κ3) is 3.91. The van der Waals surface area contributed by atoms with E-state index in [1.165, 1.54) is 4.90 Å². The Bertz CT molecular complexity index is 424. The number of pyridine rings is 1. The van der Waals surface area contributed by atoms with Gasteiger partial charge in [-0.25, -0.2) is 9.78 Å². The molecule has 0 aromatic carbocycles. The van der Waals surface area contributed by atoms with Crippen molar-refractivity contribution in [3.05, 3.63) is 18.2 Å². The lowest BCUT2D eigenvalue weighted by atomic mass is 10.2. The standard InChI is InChI=1S/C13H21N3O2/c1-9(2)16(12(17)18-13(3,4)5)11-8-6-7-10(14)15-11/h6-9H,1-5H3,(H2,14,15). The van der Waals surface area contributed by atoms with Crippen molar-refractivity contribution >= 4 is 17.7 Å². The van der Waals surface area contributed by atoms with Crippen LogP contribution >= 0.6 is 0 Å². The monoisotopic (exact) mass is 251 g/mol. The summed E-state index contributed by atoms with van der Waals surface area (Å²) in [5.74, 6) is 0.876. The zero-order chi connectivity index (χ0) is 13.9. The maximum Gasteiger partial charge on any atom is 0.416 e. The zero-order valence-corrected chi connectivity index (χ0v) is 11.6. The van der Waals surface area contributed by atoms with Crippen LogP contribution in [-0.2, 0) is 4.74 Å². The van der Waals surface area contributed by atoms with E-state index in [4.69, 9.17) is 10.5 Å². The fraction of sp³-hybridized carbons (Fsp3) is 0.538. The number of anilines is 2.